The summed E-state index contributed by atoms with van der Waals surface area (Å²) >= 11 is 0. The molecule has 2 rings (SSSR count). The molecule has 1 N–H and O–H groups in total. The second kappa shape index (κ2) is 7.47. The van der Waals surface area contributed by atoms with E-state index in [-0.39, 0.29) is 18.1 Å². The van der Waals surface area contributed by atoms with Crippen molar-refractivity contribution in [2.75, 3.05) is 44.6 Å². The van der Waals surface area contributed by atoms with Gasteiger partial charge in [0.2, 0.25) is 5.91 Å². The summed E-state index contributed by atoms with van der Waals surface area (Å²) in [6, 6.07) is 3.13. The Balaban J connectivity index is 1.80. The molecule has 1 heterocycles. The Hall–Kier alpha value is -1.53. The number of nitrogens with zero attached hydrogens (tertiary/aromatic N) is 2. The van der Waals surface area contributed by atoms with Gasteiger partial charge in [-0.15, -0.1) is 0 Å². The molecule has 0 radical (unpaired) electrons. The van der Waals surface area contributed by atoms with Crippen LogP contribution in [0.15, 0.2) is 18.2 Å². The van der Waals surface area contributed by atoms with Crippen molar-refractivity contribution < 1.29 is 13.6 Å². The first-order valence-corrected chi connectivity index (χ1v) is 7.28. The smallest absolute Gasteiger partial charge is 0.238 e. The number of nitrogens with one attached hydrogen (secondary N) is 1. The number of benzene rings is 1. The summed E-state index contributed by atoms with van der Waals surface area (Å²) in [6.07, 6.45) is 1.13. The molecule has 21 heavy (non-hydrogen) atoms. The van der Waals surface area contributed by atoms with Gasteiger partial charge in [0, 0.05) is 32.2 Å². The molecular formula is C15H21F2N3O. The minimum absolute atomic E-state index is 0.0195. The van der Waals surface area contributed by atoms with E-state index in [2.05, 4.69) is 17.1 Å². The second-order valence-corrected chi connectivity index (χ2v) is 5.29. The molecule has 1 aliphatic rings. The van der Waals surface area contributed by atoms with Crippen LogP contribution >= 0.6 is 0 Å². The van der Waals surface area contributed by atoms with Crippen molar-refractivity contribution in [1.82, 2.24) is 9.80 Å². The van der Waals surface area contributed by atoms with Crippen molar-refractivity contribution in [3.8, 4) is 0 Å². The van der Waals surface area contributed by atoms with Gasteiger partial charge in [0.05, 0.1) is 12.2 Å². The number of halogens is 2. The highest BCUT2D eigenvalue weighted by Gasteiger charge is 2.18. The van der Waals surface area contributed by atoms with Gasteiger partial charge in [-0.25, -0.2) is 8.78 Å². The lowest BCUT2D eigenvalue weighted by Crippen LogP contribution is -2.48. The molecule has 1 aliphatic heterocycles. The van der Waals surface area contributed by atoms with Crippen LogP contribution < -0.4 is 5.32 Å². The number of piperazine rings is 1. The quantitative estimate of drug-likeness (QED) is 0.902. The van der Waals surface area contributed by atoms with Crippen LogP contribution in [0, 0.1) is 11.6 Å². The van der Waals surface area contributed by atoms with Crippen molar-refractivity contribution in [2.24, 2.45) is 0 Å². The van der Waals surface area contributed by atoms with Crippen LogP contribution in [0.25, 0.3) is 0 Å². The Morgan fingerprint density at radius 3 is 2.48 bits per heavy atom. The number of carbonyl (C=O) groups excluding carboxylic acids is 1. The fourth-order valence-electron chi connectivity index (χ4n) is 2.47. The molecule has 0 bridgehead atoms. The van der Waals surface area contributed by atoms with Crippen molar-refractivity contribution in [2.45, 2.75) is 13.3 Å². The molecule has 0 atom stereocenters. The molecule has 116 valence electrons. The highest BCUT2D eigenvalue weighted by Crippen LogP contribution is 2.15. The Morgan fingerprint density at radius 1 is 1.19 bits per heavy atom. The van der Waals surface area contributed by atoms with Crippen LogP contribution in [0.1, 0.15) is 13.3 Å². The highest BCUT2D eigenvalue weighted by atomic mass is 19.1. The van der Waals surface area contributed by atoms with Gasteiger partial charge < -0.3 is 10.2 Å². The highest BCUT2D eigenvalue weighted by molar-refractivity contribution is 5.92. The maximum absolute atomic E-state index is 13.5. The molecular weight excluding hydrogens is 276 g/mol. The number of hydrogen-bond acceptors (Lipinski definition) is 3. The minimum Gasteiger partial charge on any atom is -0.322 e. The van der Waals surface area contributed by atoms with Crippen LogP contribution in [0.3, 0.4) is 0 Å². The average molecular weight is 297 g/mol. The summed E-state index contributed by atoms with van der Waals surface area (Å²) in [5, 5.41) is 2.49. The SMILES string of the molecule is CCCN1CCN(CC(=O)Nc2ccc(F)cc2F)CC1. The largest absolute Gasteiger partial charge is 0.322 e. The average Bonchev–Trinajstić information content (AvgIpc) is 2.44. The predicted octanol–water partition coefficient (Wildman–Crippen LogP) is 1.93. The van der Waals surface area contributed by atoms with E-state index < -0.39 is 11.6 Å². The van der Waals surface area contributed by atoms with Crippen LogP contribution in [0.4, 0.5) is 14.5 Å². The third-order valence-electron chi connectivity index (χ3n) is 3.58. The molecule has 0 aromatic heterocycles. The number of amides is 1. The van der Waals surface area contributed by atoms with E-state index in [4.69, 9.17) is 0 Å². The van der Waals surface area contributed by atoms with Crippen molar-refractivity contribution in [3.05, 3.63) is 29.8 Å². The third kappa shape index (κ3) is 4.75. The molecule has 1 aromatic carbocycles. The molecule has 1 fully saturated rings. The summed E-state index contributed by atoms with van der Waals surface area (Å²) in [5.74, 6) is -1.68. The summed E-state index contributed by atoms with van der Waals surface area (Å²) in [6.45, 7) is 7.03. The summed E-state index contributed by atoms with van der Waals surface area (Å²) in [4.78, 5) is 16.3. The predicted molar refractivity (Wildman–Crippen MR) is 78.2 cm³/mol. The van der Waals surface area contributed by atoms with Crippen molar-refractivity contribution in [3.63, 3.8) is 0 Å². The van der Waals surface area contributed by atoms with Crippen molar-refractivity contribution >= 4 is 11.6 Å². The van der Waals surface area contributed by atoms with Gasteiger partial charge >= 0.3 is 0 Å². The van der Waals surface area contributed by atoms with Gasteiger partial charge in [0.15, 0.2) is 0 Å². The number of carbonyl (C=O) groups is 1. The Morgan fingerprint density at radius 2 is 1.86 bits per heavy atom. The zero-order valence-corrected chi connectivity index (χ0v) is 12.2. The molecule has 1 amide bonds. The summed E-state index contributed by atoms with van der Waals surface area (Å²) < 4.78 is 26.2. The van der Waals surface area contributed by atoms with Gasteiger partial charge in [-0.05, 0) is 25.1 Å². The molecule has 0 spiro atoms. The fraction of sp³-hybridized carbons (Fsp3) is 0.533. The van der Waals surface area contributed by atoms with Crippen LogP contribution in [-0.2, 0) is 4.79 Å². The number of hydrogen-bond donors (Lipinski definition) is 1. The Labute approximate surface area is 123 Å². The summed E-state index contributed by atoms with van der Waals surface area (Å²) in [5.41, 5.74) is 0.0195. The van der Waals surface area contributed by atoms with Gasteiger partial charge in [-0.2, -0.15) is 0 Å². The van der Waals surface area contributed by atoms with E-state index in [0.717, 1.165) is 51.3 Å². The van der Waals surface area contributed by atoms with Crippen LogP contribution in [0.5, 0.6) is 0 Å². The van der Waals surface area contributed by atoms with E-state index in [9.17, 15) is 13.6 Å². The first-order chi connectivity index (χ1) is 10.1. The molecule has 1 aromatic rings. The molecule has 4 nitrogen and oxygen atoms in total. The topological polar surface area (TPSA) is 35.6 Å². The maximum Gasteiger partial charge on any atom is 0.238 e. The van der Waals surface area contributed by atoms with Gasteiger partial charge in [-0.1, -0.05) is 6.92 Å². The standard InChI is InChI=1S/C15H21F2N3O/c1-2-5-19-6-8-20(9-7-19)11-15(21)18-14-4-3-12(16)10-13(14)17/h3-4,10H,2,5-9,11H2,1H3,(H,18,21). The first kappa shape index (κ1) is 15.9. The zero-order chi connectivity index (χ0) is 15.2. The lowest BCUT2D eigenvalue weighted by Gasteiger charge is -2.34. The number of rotatable bonds is 5. The molecule has 0 saturated carbocycles. The van der Waals surface area contributed by atoms with Crippen molar-refractivity contribution in [1.29, 1.82) is 0 Å². The van der Waals surface area contributed by atoms with Gasteiger partial charge in [-0.3, -0.25) is 9.69 Å². The van der Waals surface area contributed by atoms with Crippen LogP contribution in [-0.4, -0.2) is 55.0 Å². The second-order valence-electron chi connectivity index (χ2n) is 5.29. The summed E-state index contributed by atoms with van der Waals surface area (Å²) in [7, 11) is 0. The minimum atomic E-state index is -0.754. The zero-order valence-electron chi connectivity index (χ0n) is 12.2. The lowest BCUT2D eigenvalue weighted by molar-refractivity contribution is -0.117. The molecule has 0 unspecified atom stereocenters. The molecule has 0 aliphatic carbocycles. The Kier molecular flexibility index (Phi) is 5.64. The normalized spacial score (nSPS) is 16.9. The van der Waals surface area contributed by atoms with Crippen LogP contribution in [0.2, 0.25) is 0 Å². The maximum atomic E-state index is 13.5. The van der Waals surface area contributed by atoms with Gasteiger partial charge in [0.1, 0.15) is 11.6 Å². The first-order valence-electron chi connectivity index (χ1n) is 7.28. The molecule has 6 heteroatoms. The van der Waals surface area contributed by atoms with E-state index in [0.29, 0.717) is 0 Å². The fourth-order valence-corrected chi connectivity index (χ4v) is 2.47. The van der Waals surface area contributed by atoms with E-state index in [1.54, 1.807) is 0 Å². The lowest BCUT2D eigenvalue weighted by atomic mass is 10.2. The van der Waals surface area contributed by atoms with E-state index >= 15 is 0 Å². The number of anilines is 1. The monoisotopic (exact) mass is 297 g/mol. The van der Waals surface area contributed by atoms with E-state index in [1.807, 2.05) is 4.90 Å². The van der Waals surface area contributed by atoms with E-state index in [1.165, 1.54) is 6.07 Å². The van der Waals surface area contributed by atoms with Gasteiger partial charge in [0.25, 0.3) is 0 Å². The molecule has 1 saturated heterocycles. The third-order valence-corrected chi connectivity index (χ3v) is 3.58. The Bertz CT molecular complexity index is 488.